The van der Waals surface area contributed by atoms with Gasteiger partial charge in [-0.3, -0.25) is 4.99 Å². The minimum absolute atomic E-state index is 0. The Morgan fingerprint density at radius 2 is 1.59 bits per heavy atom. The molecule has 2 aromatic rings. The number of rotatable bonds is 5. The molecule has 0 spiro atoms. The third-order valence-corrected chi connectivity index (χ3v) is 4.66. The topological polar surface area (TPSA) is 52.6 Å². The predicted molar refractivity (Wildman–Crippen MR) is 120 cm³/mol. The number of aliphatic imine (C=N–C) groups is 1. The fraction of sp³-hybridized carbons (Fsp3) is 0.400. The normalized spacial score (nSPS) is 14.5. The Balaban J connectivity index is 0.00000300. The lowest BCUT2D eigenvalue weighted by atomic mass is 10.1. The number of guanidine groups is 1. The predicted octanol–water partition coefficient (Wildman–Crippen LogP) is 4.18. The van der Waals surface area contributed by atoms with Crippen molar-refractivity contribution in [1.82, 2.24) is 15.6 Å². The Labute approximate surface area is 185 Å². The highest BCUT2D eigenvalue weighted by Crippen LogP contribution is 2.29. The highest BCUT2D eigenvalue weighted by molar-refractivity contribution is 14.0. The van der Waals surface area contributed by atoms with Crippen LogP contribution in [-0.4, -0.2) is 31.1 Å². The molecule has 0 unspecified atom stereocenters. The standard InChI is InChI=1S/C20H24F3N5.HI/c1-24-19(26-12-15-4-7-17(8-5-15)20(21,22)23)27-14-16-6-9-18(25-13-16)28-10-2-3-11-28;/h4-9,13H,2-3,10-12,14H2,1H3,(H2,24,26,27);1H. The Kier molecular flexibility index (Phi) is 8.54. The van der Waals surface area contributed by atoms with Crippen LogP contribution in [0.3, 0.4) is 0 Å². The van der Waals surface area contributed by atoms with Gasteiger partial charge >= 0.3 is 6.18 Å². The average Bonchev–Trinajstić information content (AvgIpc) is 3.23. The van der Waals surface area contributed by atoms with Crippen LogP contribution >= 0.6 is 24.0 Å². The van der Waals surface area contributed by atoms with Crippen LogP contribution in [0.25, 0.3) is 0 Å². The van der Waals surface area contributed by atoms with Crippen molar-refractivity contribution in [2.24, 2.45) is 4.99 Å². The molecule has 158 valence electrons. The van der Waals surface area contributed by atoms with E-state index < -0.39 is 11.7 Å². The van der Waals surface area contributed by atoms with E-state index in [1.54, 1.807) is 7.05 Å². The Bertz CT molecular complexity index is 785. The molecule has 0 radical (unpaired) electrons. The maximum Gasteiger partial charge on any atom is 0.416 e. The monoisotopic (exact) mass is 519 g/mol. The summed E-state index contributed by atoms with van der Waals surface area (Å²) in [5, 5.41) is 6.29. The van der Waals surface area contributed by atoms with Crippen LogP contribution in [-0.2, 0) is 19.3 Å². The molecule has 1 saturated heterocycles. The summed E-state index contributed by atoms with van der Waals surface area (Å²) < 4.78 is 37.8. The number of benzene rings is 1. The number of aromatic nitrogens is 1. The minimum Gasteiger partial charge on any atom is -0.357 e. The van der Waals surface area contributed by atoms with Gasteiger partial charge in [0, 0.05) is 39.4 Å². The molecule has 2 heterocycles. The zero-order chi connectivity index (χ0) is 20.0. The summed E-state index contributed by atoms with van der Waals surface area (Å²) in [7, 11) is 1.65. The number of halogens is 4. The van der Waals surface area contributed by atoms with Crippen LogP contribution < -0.4 is 15.5 Å². The van der Waals surface area contributed by atoms with Gasteiger partial charge in [0.15, 0.2) is 5.96 Å². The molecule has 1 aliphatic heterocycles. The average molecular weight is 519 g/mol. The first-order valence-electron chi connectivity index (χ1n) is 9.26. The molecule has 1 fully saturated rings. The SMILES string of the molecule is CN=C(NCc1ccc(C(F)(F)F)cc1)NCc1ccc(N2CCCC2)nc1.I. The molecule has 5 nitrogen and oxygen atoms in total. The highest BCUT2D eigenvalue weighted by atomic mass is 127. The minimum atomic E-state index is -4.32. The third-order valence-electron chi connectivity index (χ3n) is 4.66. The van der Waals surface area contributed by atoms with Crippen molar-refractivity contribution in [2.45, 2.75) is 32.1 Å². The first-order valence-corrected chi connectivity index (χ1v) is 9.26. The van der Waals surface area contributed by atoms with Crippen LogP contribution in [0.1, 0.15) is 29.5 Å². The van der Waals surface area contributed by atoms with Crippen molar-refractivity contribution in [1.29, 1.82) is 0 Å². The summed E-state index contributed by atoms with van der Waals surface area (Å²) >= 11 is 0. The summed E-state index contributed by atoms with van der Waals surface area (Å²) in [5.74, 6) is 1.58. The van der Waals surface area contributed by atoms with E-state index in [4.69, 9.17) is 0 Å². The van der Waals surface area contributed by atoms with Crippen LogP contribution in [0.5, 0.6) is 0 Å². The second-order valence-corrected chi connectivity index (χ2v) is 6.69. The molecule has 0 bridgehead atoms. The number of pyridine rings is 1. The van der Waals surface area contributed by atoms with E-state index >= 15 is 0 Å². The van der Waals surface area contributed by atoms with E-state index in [1.165, 1.54) is 25.0 Å². The zero-order valence-corrected chi connectivity index (χ0v) is 18.5. The van der Waals surface area contributed by atoms with Crippen molar-refractivity contribution in [3.8, 4) is 0 Å². The molecule has 0 saturated carbocycles. The second-order valence-electron chi connectivity index (χ2n) is 6.69. The number of anilines is 1. The molecule has 29 heavy (non-hydrogen) atoms. The van der Waals surface area contributed by atoms with Gasteiger partial charge < -0.3 is 15.5 Å². The van der Waals surface area contributed by atoms with Crippen molar-refractivity contribution in [3.05, 3.63) is 59.3 Å². The fourth-order valence-electron chi connectivity index (χ4n) is 3.06. The first kappa shape index (κ1) is 23.2. The van der Waals surface area contributed by atoms with E-state index in [9.17, 15) is 13.2 Å². The summed E-state index contributed by atoms with van der Waals surface area (Å²) in [4.78, 5) is 10.9. The molecule has 0 aliphatic carbocycles. The number of nitrogens with one attached hydrogen (secondary N) is 2. The van der Waals surface area contributed by atoms with Crippen LogP contribution in [0.4, 0.5) is 19.0 Å². The van der Waals surface area contributed by atoms with Crippen molar-refractivity contribution < 1.29 is 13.2 Å². The maximum atomic E-state index is 12.6. The molecule has 0 amide bonds. The summed E-state index contributed by atoms with van der Waals surface area (Å²) in [5.41, 5.74) is 1.12. The third kappa shape index (κ3) is 6.76. The quantitative estimate of drug-likeness (QED) is 0.354. The lowest BCUT2D eigenvalue weighted by Crippen LogP contribution is -2.36. The van der Waals surface area contributed by atoms with Gasteiger partial charge in [-0.05, 0) is 42.2 Å². The number of alkyl halides is 3. The van der Waals surface area contributed by atoms with Gasteiger partial charge in [-0.2, -0.15) is 13.2 Å². The summed E-state index contributed by atoms with van der Waals surface area (Å²) in [6.07, 6.45) is -0.0382. The van der Waals surface area contributed by atoms with Gasteiger partial charge in [0.2, 0.25) is 0 Å². The van der Waals surface area contributed by atoms with E-state index in [0.717, 1.165) is 42.2 Å². The zero-order valence-electron chi connectivity index (χ0n) is 16.2. The number of nitrogens with zero attached hydrogens (tertiary/aromatic N) is 3. The molecular weight excluding hydrogens is 494 g/mol. The van der Waals surface area contributed by atoms with E-state index in [1.807, 2.05) is 18.3 Å². The largest absolute Gasteiger partial charge is 0.416 e. The maximum absolute atomic E-state index is 12.6. The molecule has 1 aromatic carbocycles. The molecule has 2 N–H and O–H groups in total. The highest BCUT2D eigenvalue weighted by Gasteiger charge is 2.29. The molecule has 9 heteroatoms. The van der Waals surface area contributed by atoms with E-state index in [0.29, 0.717) is 19.0 Å². The molecule has 0 atom stereocenters. The Morgan fingerprint density at radius 3 is 2.10 bits per heavy atom. The number of hydrogen-bond donors (Lipinski definition) is 2. The number of hydrogen-bond acceptors (Lipinski definition) is 3. The van der Waals surface area contributed by atoms with Gasteiger partial charge in [0.1, 0.15) is 5.82 Å². The van der Waals surface area contributed by atoms with E-state index in [2.05, 4.69) is 25.5 Å². The van der Waals surface area contributed by atoms with Gasteiger partial charge in [-0.15, -0.1) is 24.0 Å². The summed E-state index contributed by atoms with van der Waals surface area (Å²) in [6, 6.07) is 9.16. The molecular formula is C20H25F3IN5. The van der Waals surface area contributed by atoms with Crippen LogP contribution in [0.2, 0.25) is 0 Å². The Hall–Kier alpha value is -2.04. The van der Waals surface area contributed by atoms with E-state index in [-0.39, 0.29) is 24.0 Å². The lowest BCUT2D eigenvalue weighted by molar-refractivity contribution is -0.137. The Morgan fingerprint density at radius 1 is 1.00 bits per heavy atom. The van der Waals surface area contributed by atoms with Crippen LogP contribution in [0, 0.1) is 0 Å². The van der Waals surface area contributed by atoms with Crippen molar-refractivity contribution in [3.63, 3.8) is 0 Å². The van der Waals surface area contributed by atoms with Crippen LogP contribution in [0.15, 0.2) is 47.6 Å². The van der Waals surface area contributed by atoms with Gasteiger partial charge in [0.25, 0.3) is 0 Å². The molecule has 1 aliphatic rings. The fourth-order valence-corrected chi connectivity index (χ4v) is 3.06. The molecule has 1 aromatic heterocycles. The second kappa shape index (κ2) is 10.7. The first-order chi connectivity index (χ1) is 13.5. The van der Waals surface area contributed by atoms with Crippen molar-refractivity contribution in [2.75, 3.05) is 25.0 Å². The van der Waals surface area contributed by atoms with Crippen molar-refractivity contribution >= 4 is 35.8 Å². The van der Waals surface area contributed by atoms with Gasteiger partial charge in [0.05, 0.1) is 5.56 Å². The summed E-state index contributed by atoms with van der Waals surface area (Å²) in [6.45, 7) is 3.06. The van der Waals surface area contributed by atoms with Gasteiger partial charge in [-0.25, -0.2) is 4.98 Å². The van der Waals surface area contributed by atoms with Gasteiger partial charge in [-0.1, -0.05) is 18.2 Å². The smallest absolute Gasteiger partial charge is 0.357 e. The lowest BCUT2D eigenvalue weighted by Gasteiger charge is -2.16. The molecule has 3 rings (SSSR count).